The molecule has 8 nitrogen and oxygen atoms in total. The monoisotopic (exact) mass is 684 g/mol. The number of hydrogen-bond donors (Lipinski definition) is 2. The molecule has 0 bridgehead atoms. The summed E-state index contributed by atoms with van der Waals surface area (Å²) in [6.45, 7) is 2.98. The Morgan fingerprint density at radius 3 is 2.33 bits per heavy atom. The molecule has 2 atom stereocenters. The first-order valence-electron chi connectivity index (χ1n) is 15.0. The normalized spacial score (nSPS) is 12.9. The minimum Gasteiger partial charge on any atom is -0.467 e. The van der Waals surface area contributed by atoms with Crippen LogP contribution in [0.3, 0.4) is 0 Å². The molecule has 1 amide bonds. The number of aromatic nitrogens is 2. The second-order valence-electron chi connectivity index (χ2n) is 11.4. The number of aryl methyl sites for hydroxylation is 1. The number of hydrogen-bond acceptors (Lipinski definition) is 6. The van der Waals surface area contributed by atoms with Gasteiger partial charge in [-0.2, -0.15) is 13.2 Å². The third-order valence-electron chi connectivity index (χ3n) is 8.41. The number of carbonyl (C=O) groups excluding carboxylic acids is 2. The number of fused-ring (bicyclic) bond motifs is 2. The molecule has 0 radical (unpaired) electrons. The van der Waals surface area contributed by atoms with Crippen LogP contribution in [0.15, 0.2) is 65.6 Å². The number of halogens is 6. The number of anilines is 1. The number of nitrogens with one attached hydrogen (secondary N) is 2. The van der Waals surface area contributed by atoms with E-state index in [-0.39, 0.29) is 17.4 Å². The van der Waals surface area contributed by atoms with Gasteiger partial charge in [-0.1, -0.05) is 25.1 Å². The van der Waals surface area contributed by atoms with Gasteiger partial charge in [0, 0.05) is 47.4 Å². The highest BCUT2D eigenvalue weighted by molar-refractivity contribution is 6.00. The quantitative estimate of drug-likeness (QED) is 0.132. The molecule has 0 saturated carbocycles. The Morgan fingerprint density at radius 1 is 1.00 bits per heavy atom. The number of nitrogens with zero attached hydrogens (tertiary/aromatic N) is 2. The predicted octanol–water partition coefficient (Wildman–Crippen LogP) is 6.75. The molecule has 0 saturated heterocycles. The Balaban J connectivity index is 1.50. The molecule has 3 aromatic carbocycles. The molecule has 49 heavy (non-hydrogen) atoms. The zero-order valence-corrected chi connectivity index (χ0v) is 26.6. The predicted molar refractivity (Wildman–Crippen MR) is 172 cm³/mol. The second kappa shape index (κ2) is 13.6. The highest BCUT2D eigenvalue weighted by atomic mass is 19.4. The van der Waals surface area contributed by atoms with Crippen LogP contribution < -0.4 is 16.1 Å². The van der Waals surface area contributed by atoms with Gasteiger partial charge in [-0.25, -0.2) is 18.0 Å². The summed E-state index contributed by atoms with van der Waals surface area (Å²) < 4.78 is 90.3. The van der Waals surface area contributed by atoms with Crippen LogP contribution in [-0.2, 0) is 23.0 Å². The highest BCUT2D eigenvalue weighted by Gasteiger charge is 2.38. The van der Waals surface area contributed by atoms with Crippen molar-refractivity contribution in [2.45, 2.75) is 44.9 Å². The molecule has 0 aliphatic rings. The molecule has 14 heteroatoms. The molecule has 2 aromatic heterocycles. The largest absolute Gasteiger partial charge is 0.467 e. The molecule has 2 N–H and O–H groups in total. The number of pyridine rings is 2. The summed E-state index contributed by atoms with van der Waals surface area (Å²) in [6, 6.07) is 7.99. The first-order chi connectivity index (χ1) is 23.2. The van der Waals surface area contributed by atoms with Gasteiger partial charge in [-0.05, 0) is 55.3 Å². The van der Waals surface area contributed by atoms with Gasteiger partial charge in [0.25, 0.3) is 5.91 Å². The van der Waals surface area contributed by atoms with Crippen LogP contribution in [0.2, 0.25) is 0 Å². The summed E-state index contributed by atoms with van der Waals surface area (Å²) >= 11 is 0. The van der Waals surface area contributed by atoms with E-state index >= 15 is 8.78 Å². The van der Waals surface area contributed by atoms with Crippen molar-refractivity contribution in [3.63, 3.8) is 0 Å². The number of carbonyl (C=O) groups is 2. The zero-order valence-electron chi connectivity index (χ0n) is 26.6. The van der Waals surface area contributed by atoms with Gasteiger partial charge < -0.3 is 19.9 Å². The lowest BCUT2D eigenvalue weighted by molar-refractivity contribution is -0.143. The molecule has 0 spiro atoms. The van der Waals surface area contributed by atoms with E-state index in [9.17, 15) is 31.9 Å². The fourth-order valence-corrected chi connectivity index (χ4v) is 5.83. The maximum absolute atomic E-state index is 15.0. The summed E-state index contributed by atoms with van der Waals surface area (Å²) in [5, 5.41) is 4.93. The summed E-state index contributed by atoms with van der Waals surface area (Å²) in [4.78, 5) is 44.1. The fraction of sp³-hybridized carbons (Fsp3) is 0.257. The minimum absolute atomic E-state index is 0.165. The van der Waals surface area contributed by atoms with E-state index in [1.54, 1.807) is 42.8 Å². The second-order valence-corrected chi connectivity index (χ2v) is 11.4. The molecule has 256 valence electrons. The summed E-state index contributed by atoms with van der Waals surface area (Å²) in [6.07, 6.45) is -3.85. The van der Waals surface area contributed by atoms with Crippen LogP contribution in [0, 0.1) is 24.4 Å². The molecule has 5 rings (SSSR count). The van der Waals surface area contributed by atoms with E-state index in [2.05, 4.69) is 10.3 Å². The van der Waals surface area contributed by atoms with Crippen molar-refractivity contribution >= 4 is 39.4 Å². The van der Waals surface area contributed by atoms with Gasteiger partial charge in [0.05, 0.1) is 23.7 Å². The molecular formula is C35H30F6N4O4. The number of methoxy groups -OCH3 is 1. The topological polar surface area (TPSA) is 102 Å². The van der Waals surface area contributed by atoms with Crippen molar-refractivity contribution in [2.75, 3.05) is 12.4 Å². The van der Waals surface area contributed by atoms with Crippen LogP contribution in [0.4, 0.5) is 32.0 Å². The van der Waals surface area contributed by atoms with Crippen LogP contribution in [0.5, 0.6) is 0 Å². The number of amides is 1. The van der Waals surface area contributed by atoms with Crippen LogP contribution in [0.1, 0.15) is 35.0 Å². The van der Waals surface area contributed by atoms with Gasteiger partial charge >= 0.3 is 12.1 Å². The van der Waals surface area contributed by atoms with E-state index in [1.165, 1.54) is 25.3 Å². The van der Waals surface area contributed by atoms with E-state index < -0.39 is 70.7 Å². The molecule has 0 unspecified atom stereocenters. The number of benzene rings is 3. The van der Waals surface area contributed by atoms with E-state index in [0.29, 0.717) is 45.4 Å². The number of ether oxygens (including phenoxy) is 1. The number of rotatable bonds is 9. The van der Waals surface area contributed by atoms with Gasteiger partial charge in [0.1, 0.15) is 35.1 Å². The van der Waals surface area contributed by atoms with Gasteiger partial charge in [-0.3, -0.25) is 14.6 Å². The summed E-state index contributed by atoms with van der Waals surface area (Å²) in [5.41, 5.74) is 0.562. The van der Waals surface area contributed by atoms with Gasteiger partial charge in [0.2, 0.25) is 0 Å². The Hall–Kier alpha value is -5.40. The van der Waals surface area contributed by atoms with E-state index in [0.717, 1.165) is 13.2 Å². The maximum Gasteiger partial charge on any atom is 0.408 e. The fourth-order valence-electron chi connectivity index (χ4n) is 5.83. The lowest BCUT2D eigenvalue weighted by atomic mass is 9.93. The average Bonchev–Trinajstić information content (AvgIpc) is 3.05. The van der Waals surface area contributed by atoms with Crippen LogP contribution >= 0.6 is 0 Å². The molecular weight excluding hydrogens is 654 g/mol. The highest BCUT2D eigenvalue weighted by Crippen LogP contribution is 2.32. The van der Waals surface area contributed by atoms with Crippen molar-refractivity contribution in [2.24, 2.45) is 7.05 Å². The SMILES string of the molecule is CC[C@@H](Nc1cc(F)c(C(=O)N[C@@H](Cc2ccc(-c3c(C)n(C)c4ccc(F)cc4c3=O)c3ncccc23)C(=O)OC)c(F)c1)C(F)(F)F. The Labute approximate surface area is 275 Å². The average molecular weight is 685 g/mol. The Bertz CT molecular complexity index is 2140. The Kier molecular flexibility index (Phi) is 9.70. The summed E-state index contributed by atoms with van der Waals surface area (Å²) in [5.74, 6) is -5.78. The first-order valence-corrected chi connectivity index (χ1v) is 15.0. The third kappa shape index (κ3) is 6.80. The van der Waals surface area contributed by atoms with Crippen molar-refractivity contribution in [1.82, 2.24) is 14.9 Å². The smallest absolute Gasteiger partial charge is 0.408 e. The van der Waals surface area contributed by atoms with E-state index in [4.69, 9.17) is 4.74 Å². The Morgan fingerprint density at radius 2 is 1.69 bits per heavy atom. The lowest BCUT2D eigenvalue weighted by Gasteiger charge is -2.22. The number of esters is 1. The molecule has 0 aliphatic carbocycles. The van der Waals surface area contributed by atoms with E-state index in [1.807, 2.05) is 5.32 Å². The maximum atomic E-state index is 15.0. The van der Waals surface area contributed by atoms with Crippen molar-refractivity contribution < 1.29 is 40.7 Å². The standard InChI is InChI=1S/C35H30F6N4O4/c1-5-28(35(39,40)41)43-20-15-24(37)30(25(38)16-20)33(47)44-26(34(48)49-4)13-18-8-10-22(31-21(18)7-6-12-42-31)29-17(2)45(3)27-11-9-19(36)14-23(27)32(29)46/h6-12,14-16,26,28,43H,5,13H2,1-4H3,(H,44,47)/t26-,28+/m0/s1. The molecule has 0 aliphatic heterocycles. The van der Waals surface area contributed by atoms with Gasteiger partial charge in [-0.15, -0.1) is 0 Å². The third-order valence-corrected chi connectivity index (χ3v) is 8.41. The first kappa shape index (κ1) is 34.9. The zero-order chi connectivity index (χ0) is 35.8. The van der Waals surface area contributed by atoms with Crippen molar-refractivity contribution in [3.8, 4) is 11.1 Å². The lowest BCUT2D eigenvalue weighted by Crippen LogP contribution is -2.43. The molecule has 2 heterocycles. The van der Waals surface area contributed by atoms with Crippen LogP contribution in [-0.4, -0.2) is 46.8 Å². The molecule has 5 aromatic rings. The number of alkyl halides is 3. The molecule has 0 fully saturated rings. The van der Waals surface area contributed by atoms with Crippen molar-refractivity contribution in [1.29, 1.82) is 0 Å². The van der Waals surface area contributed by atoms with Crippen LogP contribution in [0.25, 0.3) is 32.9 Å². The summed E-state index contributed by atoms with van der Waals surface area (Å²) in [7, 11) is 2.80. The minimum atomic E-state index is -4.69. The van der Waals surface area contributed by atoms with Gasteiger partial charge in [0.15, 0.2) is 5.43 Å². The van der Waals surface area contributed by atoms with Crippen molar-refractivity contribution in [3.05, 3.63) is 105 Å².